The average molecular weight is 253 g/mol. The summed E-state index contributed by atoms with van der Waals surface area (Å²) in [6.45, 7) is 0.489. The molecule has 0 atom stereocenters. The fraction of sp³-hybridized carbons (Fsp3) is 0.333. The van der Waals surface area contributed by atoms with E-state index in [1.54, 1.807) is 6.07 Å². The van der Waals surface area contributed by atoms with Crippen molar-refractivity contribution in [2.75, 3.05) is 6.54 Å². The van der Waals surface area contributed by atoms with E-state index in [4.69, 9.17) is 16.9 Å². The van der Waals surface area contributed by atoms with Crippen LogP contribution in [0.4, 0.5) is 0 Å². The number of rotatable bonds is 5. The van der Waals surface area contributed by atoms with E-state index in [0.29, 0.717) is 18.0 Å². The first kappa shape index (κ1) is 13.3. The predicted octanol–water partition coefficient (Wildman–Crippen LogP) is 2.47. The SMILES string of the molecule is N#CCCCCNC(=O)c1ccc(Cl)cc1O. The van der Waals surface area contributed by atoms with E-state index in [1.807, 2.05) is 6.07 Å². The second-order valence-corrected chi connectivity index (χ2v) is 3.97. The Kier molecular flexibility index (Phi) is 5.31. The van der Waals surface area contributed by atoms with Crippen molar-refractivity contribution in [3.05, 3.63) is 28.8 Å². The molecule has 5 heteroatoms. The lowest BCUT2D eigenvalue weighted by Crippen LogP contribution is -2.24. The number of carbonyl (C=O) groups excluding carboxylic acids is 1. The number of hydrogen-bond donors (Lipinski definition) is 2. The highest BCUT2D eigenvalue weighted by Gasteiger charge is 2.10. The first-order valence-electron chi connectivity index (χ1n) is 5.29. The maximum absolute atomic E-state index is 11.6. The summed E-state index contributed by atoms with van der Waals surface area (Å²) >= 11 is 5.66. The van der Waals surface area contributed by atoms with E-state index < -0.39 is 0 Å². The molecule has 0 saturated carbocycles. The molecule has 0 fully saturated rings. The lowest BCUT2D eigenvalue weighted by atomic mass is 10.2. The first-order chi connectivity index (χ1) is 8.15. The summed E-state index contributed by atoms with van der Waals surface area (Å²) in [5, 5.41) is 20.9. The van der Waals surface area contributed by atoms with Gasteiger partial charge in [0.05, 0.1) is 11.6 Å². The fourth-order valence-electron chi connectivity index (χ4n) is 1.32. The molecule has 0 aliphatic rings. The summed E-state index contributed by atoms with van der Waals surface area (Å²) in [6, 6.07) is 6.38. The minimum absolute atomic E-state index is 0.132. The van der Waals surface area contributed by atoms with Crippen molar-refractivity contribution in [2.45, 2.75) is 19.3 Å². The standard InChI is InChI=1S/C12H13ClN2O2/c13-9-4-5-10(11(16)8-9)12(17)15-7-3-1-2-6-14/h4-5,8,16H,1-3,7H2,(H,15,17). The van der Waals surface area contributed by atoms with Crippen LogP contribution in [0.15, 0.2) is 18.2 Å². The summed E-state index contributed by atoms with van der Waals surface area (Å²) in [4.78, 5) is 11.6. The molecular weight excluding hydrogens is 240 g/mol. The van der Waals surface area contributed by atoms with Gasteiger partial charge in [-0.2, -0.15) is 5.26 Å². The number of amides is 1. The zero-order valence-electron chi connectivity index (χ0n) is 9.24. The van der Waals surface area contributed by atoms with Crippen molar-refractivity contribution in [3.63, 3.8) is 0 Å². The van der Waals surface area contributed by atoms with Crippen LogP contribution >= 0.6 is 11.6 Å². The molecule has 0 radical (unpaired) electrons. The van der Waals surface area contributed by atoms with Gasteiger partial charge < -0.3 is 10.4 Å². The first-order valence-corrected chi connectivity index (χ1v) is 5.66. The van der Waals surface area contributed by atoms with Crippen LogP contribution in [-0.4, -0.2) is 17.6 Å². The molecule has 1 rings (SSSR count). The van der Waals surface area contributed by atoms with Crippen LogP contribution in [0, 0.1) is 11.3 Å². The number of nitriles is 1. The Balaban J connectivity index is 2.45. The second kappa shape index (κ2) is 6.77. The van der Waals surface area contributed by atoms with Gasteiger partial charge in [-0.15, -0.1) is 0 Å². The maximum Gasteiger partial charge on any atom is 0.255 e. The number of benzene rings is 1. The van der Waals surface area contributed by atoms with Gasteiger partial charge in [0.1, 0.15) is 5.75 Å². The van der Waals surface area contributed by atoms with Crippen LogP contribution in [0.2, 0.25) is 5.02 Å². The fourth-order valence-corrected chi connectivity index (χ4v) is 1.49. The summed E-state index contributed by atoms with van der Waals surface area (Å²) in [7, 11) is 0. The Morgan fingerprint density at radius 1 is 1.47 bits per heavy atom. The Morgan fingerprint density at radius 2 is 2.24 bits per heavy atom. The number of hydrogen-bond acceptors (Lipinski definition) is 3. The Bertz CT molecular complexity index is 441. The van der Waals surface area contributed by atoms with Crippen molar-refractivity contribution >= 4 is 17.5 Å². The highest BCUT2D eigenvalue weighted by Crippen LogP contribution is 2.21. The highest BCUT2D eigenvalue weighted by atomic mass is 35.5. The van der Waals surface area contributed by atoms with Gasteiger partial charge in [-0.25, -0.2) is 0 Å². The van der Waals surface area contributed by atoms with Crippen molar-refractivity contribution in [1.82, 2.24) is 5.32 Å². The third-order valence-electron chi connectivity index (χ3n) is 2.21. The second-order valence-electron chi connectivity index (χ2n) is 3.53. The molecule has 0 spiro atoms. The molecule has 0 bridgehead atoms. The average Bonchev–Trinajstić information content (AvgIpc) is 2.28. The Morgan fingerprint density at radius 3 is 2.88 bits per heavy atom. The molecule has 1 aromatic carbocycles. The number of nitrogens with one attached hydrogen (secondary N) is 1. The van der Waals surface area contributed by atoms with Gasteiger partial charge in [0.2, 0.25) is 0 Å². The van der Waals surface area contributed by atoms with Crippen LogP contribution < -0.4 is 5.32 Å². The number of carbonyl (C=O) groups is 1. The van der Waals surface area contributed by atoms with Gasteiger partial charge in [0, 0.05) is 18.0 Å². The molecule has 0 aromatic heterocycles. The van der Waals surface area contributed by atoms with E-state index in [-0.39, 0.29) is 17.2 Å². The van der Waals surface area contributed by atoms with Crippen molar-refractivity contribution in [3.8, 4) is 11.8 Å². The zero-order chi connectivity index (χ0) is 12.7. The topological polar surface area (TPSA) is 73.1 Å². The monoisotopic (exact) mass is 252 g/mol. The van der Waals surface area contributed by atoms with Gasteiger partial charge in [-0.1, -0.05) is 11.6 Å². The Hall–Kier alpha value is -1.73. The molecule has 2 N–H and O–H groups in total. The van der Waals surface area contributed by atoms with Crippen LogP contribution in [0.1, 0.15) is 29.6 Å². The number of unbranched alkanes of at least 4 members (excludes halogenated alkanes) is 2. The molecule has 0 aliphatic heterocycles. The van der Waals surface area contributed by atoms with Crippen LogP contribution in [0.25, 0.3) is 0 Å². The molecule has 0 aliphatic carbocycles. The minimum atomic E-state index is -0.337. The number of halogens is 1. The summed E-state index contributed by atoms with van der Waals surface area (Å²) < 4.78 is 0. The van der Waals surface area contributed by atoms with Crippen LogP contribution in [0.3, 0.4) is 0 Å². The number of phenols is 1. The number of nitrogens with zero attached hydrogens (tertiary/aromatic N) is 1. The largest absolute Gasteiger partial charge is 0.507 e. The predicted molar refractivity (Wildman–Crippen MR) is 64.9 cm³/mol. The normalized spacial score (nSPS) is 9.65. The highest BCUT2D eigenvalue weighted by molar-refractivity contribution is 6.30. The zero-order valence-corrected chi connectivity index (χ0v) is 10.00. The van der Waals surface area contributed by atoms with Gasteiger partial charge in [0.25, 0.3) is 5.91 Å². The lowest BCUT2D eigenvalue weighted by molar-refractivity contribution is 0.0950. The van der Waals surface area contributed by atoms with Crippen LogP contribution in [0.5, 0.6) is 5.75 Å². The van der Waals surface area contributed by atoms with Gasteiger partial charge in [-0.3, -0.25) is 4.79 Å². The molecule has 0 unspecified atom stereocenters. The quantitative estimate of drug-likeness (QED) is 0.791. The van der Waals surface area contributed by atoms with E-state index in [0.717, 1.165) is 12.8 Å². The maximum atomic E-state index is 11.6. The Labute approximate surface area is 105 Å². The van der Waals surface area contributed by atoms with Gasteiger partial charge >= 0.3 is 0 Å². The van der Waals surface area contributed by atoms with Gasteiger partial charge in [-0.05, 0) is 31.0 Å². The molecule has 17 heavy (non-hydrogen) atoms. The summed E-state index contributed by atoms with van der Waals surface area (Å²) in [6.07, 6.45) is 1.99. The molecule has 1 aromatic rings. The van der Waals surface area contributed by atoms with Crippen molar-refractivity contribution in [1.29, 1.82) is 5.26 Å². The van der Waals surface area contributed by atoms with E-state index in [2.05, 4.69) is 5.32 Å². The summed E-state index contributed by atoms with van der Waals surface area (Å²) in [5.41, 5.74) is 0.203. The van der Waals surface area contributed by atoms with E-state index in [9.17, 15) is 9.90 Å². The van der Waals surface area contributed by atoms with Crippen LogP contribution in [-0.2, 0) is 0 Å². The molecule has 4 nitrogen and oxygen atoms in total. The van der Waals surface area contributed by atoms with Crippen molar-refractivity contribution < 1.29 is 9.90 Å². The van der Waals surface area contributed by atoms with Gasteiger partial charge in [0.15, 0.2) is 0 Å². The smallest absolute Gasteiger partial charge is 0.255 e. The van der Waals surface area contributed by atoms with E-state index in [1.165, 1.54) is 12.1 Å². The van der Waals surface area contributed by atoms with Crippen molar-refractivity contribution in [2.24, 2.45) is 0 Å². The third kappa shape index (κ3) is 4.33. The number of aromatic hydroxyl groups is 1. The lowest BCUT2D eigenvalue weighted by Gasteiger charge is -2.06. The minimum Gasteiger partial charge on any atom is -0.507 e. The summed E-state index contributed by atoms with van der Waals surface area (Å²) in [5.74, 6) is -0.469. The number of phenolic OH excluding ortho intramolecular Hbond substituents is 1. The molecule has 0 saturated heterocycles. The molecule has 0 heterocycles. The van der Waals surface area contributed by atoms with E-state index >= 15 is 0 Å². The molecule has 1 amide bonds. The molecular formula is C12H13ClN2O2. The molecule has 90 valence electrons. The third-order valence-corrected chi connectivity index (χ3v) is 2.44.